The Balaban J connectivity index is 2.43. The summed E-state index contributed by atoms with van der Waals surface area (Å²) in [6.45, 7) is 3.40. The van der Waals surface area contributed by atoms with Gasteiger partial charge in [0.15, 0.2) is 0 Å². The van der Waals surface area contributed by atoms with Crippen molar-refractivity contribution in [3.05, 3.63) is 29.8 Å². The number of oxime groups is 1. The predicted molar refractivity (Wildman–Crippen MR) is 92.4 cm³/mol. The maximum atomic E-state index is 12.4. The minimum Gasteiger partial charge on any atom is -0.496 e. The number of rotatable bonds is 7. The van der Waals surface area contributed by atoms with Gasteiger partial charge in [0, 0.05) is 0 Å². The standard InChI is InChI=1S/C17H19N3O6/c1-10(2)20-26-16(21)15-11(22-3)7-6-8-12(15)25-17-18-13(23-4)9-14(19-17)24-5/h6-9H,1-5H3. The van der Waals surface area contributed by atoms with Crippen molar-refractivity contribution in [1.82, 2.24) is 9.97 Å². The molecule has 0 spiro atoms. The second kappa shape index (κ2) is 8.65. The largest absolute Gasteiger partial charge is 0.496 e. The molecule has 0 aliphatic carbocycles. The normalized spacial score (nSPS) is 9.88. The van der Waals surface area contributed by atoms with Crippen molar-refractivity contribution in [3.63, 3.8) is 0 Å². The maximum absolute atomic E-state index is 12.4. The van der Waals surface area contributed by atoms with Gasteiger partial charge in [0.25, 0.3) is 0 Å². The molecule has 26 heavy (non-hydrogen) atoms. The summed E-state index contributed by atoms with van der Waals surface area (Å²) >= 11 is 0. The van der Waals surface area contributed by atoms with Crippen molar-refractivity contribution < 1.29 is 28.6 Å². The van der Waals surface area contributed by atoms with Gasteiger partial charge in [-0.15, -0.1) is 0 Å². The first-order valence-corrected chi connectivity index (χ1v) is 7.53. The van der Waals surface area contributed by atoms with Gasteiger partial charge in [-0.2, -0.15) is 9.97 Å². The number of benzene rings is 1. The van der Waals surface area contributed by atoms with Gasteiger partial charge in [-0.05, 0) is 26.0 Å². The van der Waals surface area contributed by atoms with Crippen LogP contribution in [0.25, 0.3) is 0 Å². The molecule has 0 saturated carbocycles. The fourth-order valence-corrected chi connectivity index (χ4v) is 1.88. The van der Waals surface area contributed by atoms with E-state index in [-0.39, 0.29) is 34.8 Å². The third-order valence-corrected chi connectivity index (χ3v) is 3.00. The third-order valence-electron chi connectivity index (χ3n) is 3.00. The molecular formula is C17H19N3O6. The zero-order valence-electron chi connectivity index (χ0n) is 15.1. The molecule has 1 aromatic heterocycles. The lowest BCUT2D eigenvalue weighted by atomic mass is 10.2. The molecule has 0 aliphatic rings. The lowest BCUT2D eigenvalue weighted by molar-refractivity contribution is 0.0509. The molecule has 0 saturated heterocycles. The second-order valence-electron chi connectivity index (χ2n) is 5.09. The molecule has 0 N–H and O–H groups in total. The van der Waals surface area contributed by atoms with Gasteiger partial charge in [-0.25, -0.2) is 4.79 Å². The molecule has 0 aliphatic heterocycles. The first kappa shape index (κ1) is 19.0. The number of carbonyl (C=O) groups excluding carboxylic acids is 1. The zero-order valence-corrected chi connectivity index (χ0v) is 15.1. The highest BCUT2D eigenvalue weighted by Crippen LogP contribution is 2.32. The van der Waals surface area contributed by atoms with Crippen LogP contribution in [0.5, 0.6) is 29.3 Å². The van der Waals surface area contributed by atoms with Gasteiger partial charge in [-0.3, -0.25) is 0 Å². The third kappa shape index (κ3) is 4.59. The van der Waals surface area contributed by atoms with Crippen molar-refractivity contribution in [3.8, 4) is 29.3 Å². The molecule has 1 aromatic carbocycles. The van der Waals surface area contributed by atoms with Gasteiger partial charge in [0.2, 0.25) is 11.8 Å². The van der Waals surface area contributed by atoms with Crippen LogP contribution < -0.4 is 18.9 Å². The summed E-state index contributed by atoms with van der Waals surface area (Å²) in [7, 11) is 4.32. The van der Waals surface area contributed by atoms with E-state index in [1.807, 2.05) is 0 Å². The van der Waals surface area contributed by atoms with E-state index < -0.39 is 5.97 Å². The van der Waals surface area contributed by atoms with Gasteiger partial charge < -0.3 is 23.8 Å². The van der Waals surface area contributed by atoms with Gasteiger partial charge in [0.05, 0.1) is 33.1 Å². The van der Waals surface area contributed by atoms with Crippen molar-refractivity contribution in [2.75, 3.05) is 21.3 Å². The molecule has 9 heteroatoms. The summed E-state index contributed by atoms with van der Waals surface area (Å²) in [5, 5.41) is 3.66. The summed E-state index contributed by atoms with van der Waals surface area (Å²) in [5.41, 5.74) is 0.627. The molecule has 2 rings (SSSR count). The van der Waals surface area contributed by atoms with Crippen LogP contribution in [0.4, 0.5) is 0 Å². The van der Waals surface area contributed by atoms with Crippen LogP contribution in [0.15, 0.2) is 29.4 Å². The van der Waals surface area contributed by atoms with Crippen LogP contribution >= 0.6 is 0 Å². The number of hydrogen-bond acceptors (Lipinski definition) is 9. The average molecular weight is 361 g/mol. The molecule has 0 atom stereocenters. The van der Waals surface area contributed by atoms with Crippen LogP contribution in [-0.4, -0.2) is 43.0 Å². The van der Waals surface area contributed by atoms with Crippen molar-refractivity contribution in [2.45, 2.75) is 13.8 Å². The number of hydrogen-bond donors (Lipinski definition) is 0. The van der Waals surface area contributed by atoms with E-state index in [2.05, 4.69) is 15.1 Å². The van der Waals surface area contributed by atoms with Crippen LogP contribution in [0.2, 0.25) is 0 Å². The van der Waals surface area contributed by atoms with Crippen molar-refractivity contribution >= 4 is 11.7 Å². The Hall–Kier alpha value is -3.36. The summed E-state index contributed by atoms with van der Waals surface area (Å²) in [6, 6.07) is 6.22. The first-order valence-electron chi connectivity index (χ1n) is 7.53. The number of nitrogens with zero attached hydrogens (tertiary/aromatic N) is 3. The summed E-state index contributed by atoms with van der Waals surface area (Å²) in [4.78, 5) is 25.4. The smallest absolute Gasteiger partial charge is 0.373 e. The fraction of sp³-hybridized carbons (Fsp3) is 0.294. The molecule has 138 valence electrons. The second-order valence-corrected chi connectivity index (χ2v) is 5.09. The van der Waals surface area contributed by atoms with E-state index in [9.17, 15) is 4.79 Å². The van der Waals surface area contributed by atoms with Gasteiger partial charge in [-0.1, -0.05) is 11.2 Å². The lowest BCUT2D eigenvalue weighted by Gasteiger charge is -2.12. The number of aromatic nitrogens is 2. The van der Waals surface area contributed by atoms with Crippen LogP contribution in [0.3, 0.4) is 0 Å². The van der Waals surface area contributed by atoms with E-state index in [0.717, 1.165) is 0 Å². The Bertz CT molecular complexity index is 796. The highest BCUT2D eigenvalue weighted by molar-refractivity contribution is 5.96. The molecule has 0 unspecified atom stereocenters. The lowest BCUT2D eigenvalue weighted by Crippen LogP contribution is -2.08. The Morgan fingerprint density at radius 3 is 2.12 bits per heavy atom. The number of ether oxygens (including phenoxy) is 4. The van der Waals surface area contributed by atoms with E-state index in [1.54, 1.807) is 32.0 Å². The fourth-order valence-electron chi connectivity index (χ4n) is 1.88. The minimum absolute atomic E-state index is 0.0467. The topological polar surface area (TPSA) is 101 Å². The monoisotopic (exact) mass is 361 g/mol. The molecule has 9 nitrogen and oxygen atoms in total. The molecule has 0 fully saturated rings. The molecule has 0 amide bonds. The van der Waals surface area contributed by atoms with Gasteiger partial charge >= 0.3 is 12.0 Å². The van der Waals surface area contributed by atoms with Crippen LogP contribution in [-0.2, 0) is 4.84 Å². The first-order chi connectivity index (χ1) is 12.5. The Morgan fingerprint density at radius 1 is 0.962 bits per heavy atom. The minimum atomic E-state index is -0.742. The Kier molecular flexibility index (Phi) is 6.31. The number of methoxy groups -OCH3 is 3. The summed E-state index contributed by atoms with van der Waals surface area (Å²) in [6.07, 6.45) is 0. The Morgan fingerprint density at radius 2 is 1.58 bits per heavy atom. The van der Waals surface area contributed by atoms with E-state index >= 15 is 0 Å². The van der Waals surface area contributed by atoms with Crippen LogP contribution in [0.1, 0.15) is 24.2 Å². The quantitative estimate of drug-likeness (QED) is 0.421. The van der Waals surface area contributed by atoms with E-state index in [1.165, 1.54) is 27.4 Å². The molecule has 1 heterocycles. The predicted octanol–water partition coefficient (Wildman–Crippen LogP) is 2.85. The van der Waals surface area contributed by atoms with E-state index in [0.29, 0.717) is 5.71 Å². The average Bonchev–Trinajstić information content (AvgIpc) is 2.65. The molecular weight excluding hydrogens is 342 g/mol. The number of carbonyl (C=O) groups is 1. The highest BCUT2D eigenvalue weighted by Gasteiger charge is 2.22. The summed E-state index contributed by atoms with van der Waals surface area (Å²) in [5.74, 6) is 0.128. The highest BCUT2D eigenvalue weighted by atomic mass is 16.7. The SMILES string of the molecule is COc1cc(OC)nc(Oc2cccc(OC)c2C(=O)ON=C(C)C)n1. The Labute approximate surface area is 150 Å². The van der Waals surface area contributed by atoms with Crippen molar-refractivity contribution in [2.24, 2.45) is 5.16 Å². The maximum Gasteiger partial charge on any atom is 0.373 e. The summed E-state index contributed by atoms with van der Waals surface area (Å²) < 4.78 is 21.0. The zero-order chi connectivity index (χ0) is 19.1. The molecule has 0 radical (unpaired) electrons. The van der Waals surface area contributed by atoms with Crippen LogP contribution in [0, 0.1) is 0 Å². The molecule has 2 aromatic rings. The molecule has 0 bridgehead atoms. The van der Waals surface area contributed by atoms with E-state index in [4.69, 9.17) is 23.8 Å². The van der Waals surface area contributed by atoms with Crippen molar-refractivity contribution in [1.29, 1.82) is 0 Å². The van der Waals surface area contributed by atoms with Gasteiger partial charge in [0.1, 0.15) is 17.1 Å².